The van der Waals surface area contributed by atoms with Crippen LogP contribution in [-0.2, 0) is 11.2 Å². The molecule has 2 heteroatoms. The third-order valence-electron chi connectivity index (χ3n) is 6.33. The third-order valence-corrected chi connectivity index (χ3v) is 6.33. The molecule has 1 N–H and O–H groups in total. The number of aryl methyl sites for hydroxylation is 1. The zero-order chi connectivity index (χ0) is 25.0. The maximum atomic E-state index is 12.5. The summed E-state index contributed by atoms with van der Waals surface area (Å²) >= 11 is 0. The van der Waals surface area contributed by atoms with Crippen LogP contribution in [0.5, 0.6) is 0 Å². The van der Waals surface area contributed by atoms with Crippen molar-refractivity contribution in [3.8, 4) is 11.8 Å². The first kappa shape index (κ1) is 28.4. The molecule has 1 atom stereocenters. The number of carbonyl (C=O) groups excluding carboxylic acids is 1. The molecule has 0 saturated carbocycles. The van der Waals surface area contributed by atoms with Crippen LogP contribution >= 0.6 is 0 Å². The van der Waals surface area contributed by atoms with Crippen LogP contribution in [0.15, 0.2) is 66.7 Å². The Kier molecular flexibility index (Phi) is 15.1. The Hall–Kier alpha value is -2.79. The van der Waals surface area contributed by atoms with E-state index < -0.39 is 0 Å². The number of rotatable bonds is 16. The van der Waals surface area contributed by atoms with E-state index in [9.17, 15) is 4.79 Å². The predicted molar refractivity (Wildman–Crippen MR) is 150 cm³/mol. The zero-order valence-corrected chi connectivity index (χ0v) is 22.0. The lowest BCUT2D eigenvalue weighted by Crippen LogP contribution is -2.28. The topological polar surface area (TPSA) is 29.1 Å². The average molecular weight is 472 g/mol. The maximum Gasteiger partial charge on any atom is 0.296 e. The minimum Gasteiger partial charge on any atom is -0.338 e. The molecule has 1 amide bonds. The van der Waals surface area contributed by atoms with Crippen LogP contribution in [0, 0.1) is 18.8 Å². The maximum absolute atomic E-state index is 12.5. The van der Waals surface area contributed by atoms with Crippen molar-refractivity contribution in [1.29, 1.82) is 0 Å². The van der Waals surface area contributed by atoms with E-state index in [-0.39, 0.29) is 11.9 Å². The monoisotopic (exact) mass is 471 g/mol. The number of amides is 1. The van der Waals surface area contributed by atoms with Gasteiger partial charge in [0.1, 0.15) is 0 Å². The molecular formula is C33H45NO. The number of benzene rings is 2. The molecule has 0 aliphatic heterocycles. The summed E-state index contributed by atoms with van der Waals surface area (Å²) in [6.07, 6.45) is 20.3. The second-order valence-electron chi connectivity index (χ2n) is 9.56. The molecule has 2 nitrogen and oxygen atoms in total. The molecule has 0 fully saturated rings. The van der Waals surface area contributed by atoms with Crippen molar-refractivity contribution in [2.45, 2.75) is 103 Å². The Morgan fingerprint density at radius 1 is 0.829 bits per heavy atom. The summed E-state index contributed by atoms with van der Waals surface area (Å²) in [6, 6.07) is 18.6. The van der Waals surface area contributed by atoms with E-state index in [1.165, 1.54) is 68.9 Å². The molecule has 2 aromatic rings. The molecule has 0 aromatic heterocycles. The first-order valence-corrected chi connectivity index (χ1v) is 13.7. The molecule has 2 rings (SSSR count). The van der Waals surface area contributed by atoms with Crippen LogP contribution in [0.2, 0.25) is 0 Å². The molecule has 0 bridgehead atoms. The summed E-state index contributed by atoms with van der Waals surface area (Å²) < 4.78 is 0. The van der Waals surface area contributed by atoms with Gasteiger partial charge >= 0.3 is 0 Å². The highest BCUT2D eigenvalue weighted by molar-refractivity contribution is 5.93. The largest absolute Gasteiger partial charge is 0.338 e. The predicted octanol–water partition coefficient (Wildman–Crippen LogP) is 8.66. The fraction of sp³-hybridized carbons (Fsp3) is 0.485. The summed E-state index contributed by atoms with van der Waals surface area (Å²) in [5.74, 6) is 5.66. The number of nitrogens with one attached hydrogen (secondary N) is 1. The Morgan fingerprint density at radius 3 is 2.14 bits per heavy atom. The van der Waals surface area contributed by atoms with E-state index in [1.54, 1.807) is 0 Å². The van der Waals surface area contributed by atoms with Gasteiger partial charge in [-0.3, -0.25) is 4.79 Å². The number of hydrogen-bond donors (Lipinski definition) is 1. The Bertz CT molecular complexity index is 902. The molecule has 188 valence electrons. The van der Waals surface area contributed by atoms with E-state index in [1.807, 2.05) is 18.2 Å². The summed E-state index contributed by atoms with van der Waals surface area (Å²) in [7, 11) is 0. The molecule has 1 unspecified atom stereocenters. The van der Waals surface area contributed by atoms with E-state index in [4.69, 9.17) is 0 Å². The lowest BCUT2D eigenvalue weighted by Gasteiger charge is -2.18. The van der Waals surface area contributed by atoms with Gasteiger partial charge in [-0.05, 0) is 56.1 Å². The van der Waals surface area contributed by atoms with Crippen molar-refractivity contribution in [2.75, 3.05) is 0 Å². The quantitative estimate of drug-likeness (QED) is 0.148. The fourth-order valence-corrected chi connectivity index (χ4v) is 4.17. The first-order chi connectivity index (χ1) is 17.2. The van der Waals surface area contributed by atoms with Crippen LogP contribution in [0.25, 0.3) is 0 Å². The van der Waals surface area contributed by atoms with E-state index in [0.29, 0.717) is 0 Å². The van der Waals surface area contributed by atoms with Gasteiger partial charge < -0.3 is 5.32 Å². The number of hydrogen-bond acceptors (Lipinski definition) is 1. The second-order valence-corrected chi connectivity index (χ2v) is 9.56. The summed E-state index contributed by atoms with van der Waals surface area (Å²) in [5, 5.41) is 3.12. The molecule has 0 heterocycles. The fourth-order valence-electron chi connectivity index (χ4n) is 4.17. The highest BCUT2D eigenvalue weighted by Crippen LogP contribution is 2.19. The van der Waals surface area contributed by atoms with Gasteiger partial charge in [0.25, 0.3) is 5.91 Å². The van der Waals surface area contributed by atoms with Gasteiger partial charge in [0.05, 0.1) is 6.04 Å². The summed E-state index contributed by atoms with van der Waals surface area (Å²) in [6.45, 7) is 4.36. The van der Waals surface area contributed by atoms with Crippen LogP contribution < -0.4 is 5.32 Å². The molecule has 0 spiro atoms. The summed E-state index contributed by atoms with van der Waals surface area (Å²) in [4.78, 5) is 12.5. The normalized spacial score (nSPS) is 11.7. The zero-order valence-electron chi connectivity index (χ0n) is 22.0. The molecule has 0 aliphatic carbocycles. The van der Waals surface area contributed by atoms with Gasteiger partial charge in [0, 0.05) is 6.42 Å². The Morgan fingerprint density at radius 2 is 1.46 bits per heavy atom. The molecule has 0 aliphatic rings. The van der Waals surface area contributed by atoms with Gasteiger partial charge in [-0.2, -0.15) is 0 Å². The highest BCUT2D eigenvalue weighted by Gasteiger charge is 2.14. The molecule has 35 heavy (non-hydrogen) atoms. The van der Waals surface area contributed by atoms with Crippen molar-refractivity contribution >= 4 is 5.91 Å². The SMILES string of the molecule is CCCCCCCCCCC=CCCCC#CC(=O)NC(Cc1ccc(C)cc1)c1ccccc1. The average Bonchev–Trinajstić information content (AvgIpc) is 2.88. The first-order valence-electron chi connectivity index (χ1n) is 13.7. The van der Waals surface area contributed by atoms with Gasteiger partial charge in [0.2, 0.25) is 0 Å². The van der Waals surface area contributed by atoms with Gasteiger partial charge in [0.15, 0.2) is 0 Å². The lowest BCUT2D eigenvalue weighted by molar-refractivity contribution is -0.116. The van der Waals surface area contributed by atoms with Gasteiger partial charge in [-0.25, -0.2) is 0 Å². The third kappa shape index (κ3) is 13.6. The molecule has 0 saturated heterocycles. The van der Waals surface area contributed by atoms with Crippen LogP contribution in [0.4, 0.5) is 0 Å². The molecule has 2 aromatic carbocycles. The van der Waals surface area contributed by atoms with Gasteiger partial charge in [-0.15, -0.1) is 0 Å². The number of allylic oxidation sites excluding steroid dienone is 2. The smallest absolute Gasteiger partial charge is 0.296 e. The Labute approximate surface area is 214 Å². The van der Waals surface area contributed by atoms with Crippen LogP contribution in [0.3, 0.4) is 0 Å². The highest BCUT2D eigenvalue weighted by atomic mass is 16.1. The standard InChI is InChI=1S/C33H45NO/c1-3-4-5-6-7-8-9-10-11-12-13-14-15-16-20-23-33(35)34-32(31-21-18-17-19-22-31)28-30-26-24-29(2)25-27-30/h12-13,17-19,21-22,24-27,32H,3-11,14-16,28H2,1-2H3,(H,34,35). The minimum absolute atomic E-state index is 0.0834. The van der Waals surface area contributed by atoms with Crippen molar-refractivity contribution in [3.63, 3.8) is 0 Å². The molecule has 0 radical (unpaired) electrons. The van der Waals surface area contributed by atoms with E-state index >= 15 is 0 Å². The number of unbranched alkanes of at least 4 members (excludes halogenated alkanes) is 10. The van der Waals surface area contributed by atoms with Gasteiger partial charge in [-0.1, -0.05) is 130 Å². The number of carbonyl (C=O) groups is 1. The van der Waals surface area contributed by atoms with Crippen LogP contribution in [0.1, 0.15) is 107 Å². The van der Waals surface area contributed by atoms with Crippen molar-refractivity contribution < 1.29 is 4.79 Å². The van der Waals surface area contributed by atoms with Crippen molar-refractivity contribution in [3.05, 3.63) is 83.4 Å². The van der Waals surface area contributed by atoms with E-state index in [0.717, 1.165) is 31.2 Å². The van der Waals surface area contributed by atoms with Crippen molar-refractivity contribution in [2.24, 2.45) is 0 Å². The lowest BCUT2D eigenvalue weighted by atomic mass is 9.98. The molecular weight excluding hydrogens is 426 g/mol. The Balaban J connectivity index is 1.64. The summed E-state index contributed by atoms with van der Waals surface area (Å²) in [5.41, 5.74) is 3.55. The van der Waals surface area contributed by atoms with Crippen molar-refractivity contribution in [1.82, 2.24) is 5.32 Å². The minimum atomic E-state index is -0.198. The second kappa shape index (κ2) is 18.5. The van der Waals surface area contributed by atoms with E-state index in [2.05, 4.69) is 79.6 Å². The van der Waals surface area contributed by atoms with Crippen LogP contribution in [-0.4, -0.2) is 5.91 Å².